The Morgan fingerprint density at radius 3 is 2.91 bits per heavy atom. The number of carbonyl (C=O) groups is 1. The third-order valence-corrected chi connectivity index (χ3v) is 4.80. The van der Waals surface area contributed by atoms with E-state index in [9.17, 15) is 9.18 Å². The van der Waals surface area contributed by atoms with Gasteiger partial charge in [0.15, 0.2) is 0 Å². The Labute approximate surface area is 135 Å². The van der Waals surface area contributed by atoms with Crippen LogP contribution in [0, 0.1) is 5.82 Å². The standard InChI is InChI=1S/C17H22FNO4/c1-21-14-5-4-12(18)10-13(14)16(20)19-8-6-15(22-2)17(11-19)7-3-9-23-17/h4-5,10,15H,3,6-9,11H2,1-2H3/t15-,17-/m0/s1. The van der Waals surface area contributed by atoms with Gasteiger partial charge in [-0.3, -0.25) is 4.79 Å². The number of likely N-dealkylation sites (tertiary alicyclic amines) is 1. The first-order chi connectivity index (χ1) is 11.1. The van der Waals surface area contributed by atoms with Crippen molar-refractivity contribution in [1.29, 1.82) is 0 Å². The molecular weight excluding hydrogens is 301 g/mol. The Morgan fingerprint density at radius 2 is 2.26 bits per heavy atom. The molecule has 2 saturated heterocycles. The summed E-state index contributed by atoms with van der Waals surface area (Å²) in [7, 11) is 3.16. The molecule has 1 spiro atoms. The summed E-state index contributed by atoms with van der Waals surface area (Å²) in [6.07, 6.45) is 2.53. The molecule has 126 valence electrons. The Hall–Kier alpha value is -1.66. The van der Waals surface area contributed by atoms with Crippen molar-refractivity contribution in [3.63, 3.8) is 0 Å². The van der Waals surface area contributed by atoms with Crippen LogP contribution in [0.4, 0.5) is 4.39 Å². The van der Waals surface area contributed by atoms with Crippen LogP contribution < -0.4 is 4.74 Å². The fourth-order valence-corrected chi connectivity index (χ4v) is 3.66. The van der Waals surface area contributed by atoms with Crippen molar-refractivity contribution in [3.05, 3.63) is 29.6 Å². The van der Waals surface area contributed by atoms with Crippen LogP contribution >= 0.6 is 0 Å². The predicted octanol–water partition coefficient (Wildman–Crippen LogP) is 2.24. The highest BCUT2D eigenvalue weighted by Crippen LogP contribution is 2.37. The summed E-state index contributed by atoms with van der Waals surface area (Å²) in [6.45, 7) is 1.71. The van der Waals surface area contributed by atoms with Gasteiger partial charge >= 0.3 is 0 Å². The average molecular weight is 323 g/mol. The molecule has 6 heteroatoms. The fraction of sp³-hybridized carbons (Fsp3) is 0.588. The van der Waals surface area contributed by atoms with Gasteiger partial charge in [0.1, 0.15) is 17.2 Å². The van der Waals surface area contributed by atoms with Gasteiger partial charge in [-0.2, -0.15) is 0 Å². The molecule has 1 amide bonds. The Morgan fingerprint density at radius 1 is 1.43 bits per heavy atom. The second kappa shape index (κ2) is 6.45. The lowest BCUT2D eigenvalue weighted by atomic mass is 9.86. The minimum atomic E-state index is -0.451. The third kappa shape index (κ3) is 2.93. The molecule has 2 aliphatic rings. The largest absolute Gasteiger partial charge is 0.496 e. The van der Waals surface area contributed by atoms with Crippen molar-refractivity contribution in [2.75, 3.05) is 33.9 Å². The summed E-state index contributed by atoms with van der Waals surface area (Å²) in [5, 5.41) is 0. The van der Waals surface area contributed by atoms with Crippen molar-refractivity contribution in [2.24, 2.45) is 0 Å². The zero-order chi connectivity index (χ0) is 16.4. The molecule has 2 heterocycles. The molecule has 0 saturated carbocycles. The fourth-order valence-electron chi connectivity index (χ4n) is 3.66. The summed E-state index contributed by atoms with van der Waals surface area (Å²) in [5.41, 5.74) is -0.194. The Balaban J connectivity index is 1.85. The van der Waals surface area contributed by atoms with Gasteiger partial charge in [0, 0.05) is 20.3 Å². The van der Waals surface area contributed by atoms with E-state index < -0.39 is 11.4 Å². The average Bonchev–Trinajstić information content (AvgIpc) is 3.02. The monoisotopic (exact) mass is 323 g/mol. The maximum Gasteiger partial charge on any atom is 0.257 e. The zero-order valence-corrected chi connectivity index (χ0v) is 13.5. The Bertz CT molecular complexity index is 586. The summed E-state index contributed by atoms with van der Waals surface area (Å²) >= 11 is 0. The van der Waals surface area contributed by atoms with Crippen LogP contribution in [0.2, 0.25) is 0 Å². The number of benzene rings is 1. The topological polar surface area (TPSA) is 48.0 Å². The molecule has 0 N–H and O–H groups in total. The third-order valence-electron chi connectivity index (χ3n) is 4.80. The highest BCUT2D eigenvalue weighted by Gasteiger charge is 2.48. The Kier molecular flexibility index (Phi) is 4.55. The molecule has 2 fully saturated rings. The van der Waals surface area contributed by atoms with E-state index in [0.29, 0.717) is 31.9 Å². The molecule has 1 aromatic rings. The van der Waals surface area contributed by atoms with Crippen LogP contribution in [0.1, 0.15) is 29.6 Å². The van der Waals surface area contributed by atoms with Crippen LogP contribution in [0.3, 0.4) is 0 Å². The number of piperidine rings is 1. The number of nitrogens with zero attached hydrogens (tertiary/aromatic N) is 1. The smallest absolute Gasteiger partial charge is 0.257 e. The van der Waals surface area contributed by atoms with Crippen LogP contribution in [0.25, 0.3) is 0 Å². The van der Waals surface area contributed by atoms with Crippen LogP contribution in [-0.2, 0) is 9.47 Å². The number of methoxy groups -OCH3 is 2. The molecule has 1 aromatic carbocycles. The highest BCUT2D eigenvalue weighted by molar-refractivity contribution is 5.97. The van der Waals surface area contributed by atoms with Gasteiger partial charge in [0.05, 0.1) is 25.3 Å². The molecule has 0 bridgehead atoms. The van der Waals surface area contributed by atoms with Crippen molar-refractivity contribution in [2.45, 2.75) is 31.0 Å². The van der Waals surface area contributed by atoms with Gasteiger partial charge in [-0.1, -0.05) is 0 Å². The van der Waals surface area contributed by atoms with E-state index in [-0.39, 0.29) is 17.6 Å². The van der Waals surface area contributed by atoms with Gasteiger partial charge < -0.3 is 19.1 Å². The maximum absolute atomic E-state index is 13.6. The normalized spacial score (nSPS) is 27.4. The van der Waals surface area contributed by atoms with Crippen molar-refractivity contribution >= 4 is 5.91 Å². The minimum Gasteiger partial charge on any atom is -0.496 e. The zero-order valence-electron chi connectivity index (χ0n) is 13.5. The maximum atomic E-state index is 13.6. The lowest BCUT2D eigenvalue weighted by Crippen LogP contribution is -2.58. The number of rotatable bonds is 3. The first-order valence-corrected chi connectivity index (χ1v) is 7.89. The molecule has 23 heavy (non-hydrogen) atoms. The highest BCUT2D eigenvalue weighted by atomic mass is 19.1. The summed E-state index contributed by atoms with van der Waals surface area (Å²) in [4.78, 5) is 14.6. The molecule has 0 radical (unpaired) electrons. The number of halogens is 1. The molecule has 2 aliphatic heterocycles. The van der Waals surface area contributed by atoms with E-state index in [1.807, 2.05) is 0 Å². The summed E-state index contributed by atoms with van der Waals surface area (Å²) in [6, 6.07) is 3.99. The molecule has 0 unspecified atom stereocenters. The minimum absolute atomic E-state index is 0.0107. The van der Waals surface area contributed by atoms with E-state index in [1.165, 1.54) is 25.3 Å². The van der Waals surface area contributed by atoms with Crippen molar-refractivity contribution < 1.29 is 23.4 Å². The molecule has 0 aromatic heterocycles. The van der Waals surface area contributed by atoms with Crippen LogP contribution in [0.15, 0.2) is 18.2 Å². The lowest BCUT2D eigenvalue weighted by Gasteiger charge is -2.44. The van der Waals surface area contributed by atoms with E-state index in [1.54, 1.807) is 12.0 Å². The van der Waals surface area contributed by atoms with Gasteiger partial charge in [-0.25, -0.2) is 4.39 Å². The second-order valence-corrected chi connectivity index (χ2v) is 6.10. The lowest BCUT2D eigenvalue weighted by molar-refractivity contribution is -0.137. The number of amides is 1. The first-order valence-electron chi connectivity index (χ1n) is 7.89. The molecular formula is C17H22FNO4. The molecule has 0 aliphatic carbocycles. The van der Waals surface area contributed by atoms with Crippen LogP contribution in [0.5, 0.6) is 5.75 Å². The van der Waals surface area contributed by atoms with Gasteiger partial charge in [0.2, 0.25) is 0 Å². The molecule has 3 rings (SSSR count). The number of ether oxygens (including phenoxy) is 3. The van der Waals surface area contributed by atoms with E-state index in [0.717, 1.165) is 12.8 Å². The summed E-state index contributed by atoms with van der Waals surface area (Å²) < 4.78 is 30.3. The number of carbonyl (C=O) groups excluding carboxylic acids is 1. The van der Waals surface area contributed by atoms with Crippen molar-refractivity contribution in [1.82, 2.24) is 4.90 Å². The summed E-state index contributed by atoms with van der Waals surface area (Å²) in [5.74, 6) is -0.301. The molecule has 2 atom stereocenters. The van der Waals surface area contributed by atoms with Gasteiger partial charge in [0.25, 0.3) is 5.91 Å². The quantitative estimate of drug-likeness (QED) is 0.856. The number of hydrogen-bond acceptors (Lipinski definition) is 4. The van der Waals surface area contributed by atoms with Crippen LogP contribution in [-0.4, -0.2) is 56.4 Å². The number of hydrogen-bond donors (Lipinski definition) is 0. The predicted molar refractivity (Wildman–Crippen MR) is 82.2 cm³/mol. The van der Waals surface area contributed by atoms with E-state index in [4.69, 9.17) is 14.2 Å². The van der Waals surface area contributed by atoms with E-state index in [2.05, 4.69) is 0 Å². The van der Waals surface area contributed by atoms with Gasteiger partial charge in [-0.05, 0) is 37.5 Å². The second-order valence-electron chi connectivity index (χ2n) is 6.10. The SMILES string of the molecule is COc1ccc(F)cc1C(=O)N1CC[C@H](OC)[C@]2(CCCO2)C1. The molecule has 5 nitrogen and oxygen atoms in total. The van der Waals surface area contributed by atoms with Crippen molar-refractivity contribution in [3.8, 4) is 5.75 Å². The first kappa shape index (κ1) is 16.2. The van der Waals surface area contributed by atoms with Gasteiger partial charge in [-0.15, -0.1) is 0 Å². The van der Waals surface area contributed by atoms with E-state index >= 15 is 0 Å².